The van der Waals surface area contributed by atoms with Crippen LogP contribution in [0.3, 0.4) is 0 Å². The molecule has 0 aliphatic carbocycles. The van der Waals surface area contributed by atoms with Crippen LogP contribution >= 0.6 is 0 Å². The van der Waals surface area contributed by atoms with Crippen molar-refractivity contribution in [3.05, 3.63) is 28.7 Å². The zero-order valence-electron chi connectivity index (χ0n) is 12.2. The van der Waals surface area contributed by atoms with Gasteiger partial charge in [0.1, 0.15) is 6.10 Å². The maximum Gasteiger partial charge on any atom is 0.422 e. The summed E-state index contributed by atoms with van der Waals surface area (Å²) in [6.45, 7) is 0.849. The molecule has 122 valence electrons. The van der Waals surface area contributed by atoms with E-state index in [0.717, 1.165) is 4.57 Å². The lowest BCUT2D eigenvalue weighted by molar-refractivity contribution is -0.119. The molecule has 1 N–H and O–H groups in total. The predicted molar refractivity (Wildman–Crippen MR) is 77.9 cm³/mol. The summed E-state index contributed by atoms with van der Waals surface area (Å²) in [6.07, 6.45) is -1.03. The number of alkyl halides is 1. The molecular weight excluding hydrogens is 309 g/mol. The highest BCUT2D eigenvalue weighted by Crippen LogP contribution is 2.25. The van der Waals surface area contributed by atoms with Crippen LogP contribution in [0.4, 0.5) is 14.9 Å². The summed E-state index contributed by atoms with van der Waals surface area (Å²) < 4.78 is 23.8. The molecule has 8 nitrogen and oxygen atoms in total. The number of carbonyl (C=O) groups is 2. The Labute approximate surface area is 129 Å². The van der Waals surface area contributed by atoms with Crippen LogP contribution in [0.5, 0.6) is 0 Å². The number of cyclic esters (lactones) is 1. The average molecular weight is 323 g/mol. The Hall–Kier alpha value is -2.84. The molecule has 1 fully saturated rings. The topological polar surface area (TPSA) is 93.8 Å². The maximum atomic E-state index is 12.8. The van der Waals surface area contributed by atoms with Crippen molar-refractivity contribution in [2.75, 3.05) is 18.0 Å². The number of rotatable bonds is 4. The van der Waals surface area contributed by atoms with Crippen molar-refractivity contribution in [2.24, 2.45) is 0 Å². The molecule has 0 bridgehead atoms. The van der Waals surface area contributed by atoms with E-state index in [1.807, 2.05) is 0 Å². The highest BCUT2D eigenvalue weighted by atomic mass is 19.1. The van der Waals surface area contributed by atoms with Crippen LogP contribution in [-0.2, 0) is 16.3 Å². The van der Waals surface area contributed by atoms with Crippen LogP contribution < -0.4 is 16.0 Å². The molecule has 9 heteroatoms. The lowest BCUT2D eigenvalue weighted by Crippen LogP contribution is -2.33. The predicted octanol–water partition coefficient (Wildman–Crippen LogP) is 0.983. The van der Waals surface area contributed by atoms with Gasteiger partial charge in [0.15, 0.2) is 12.4 Å². The van der Waals surface area contributed by atoms with Crippen molar-refractivity contribution in [2.45, 2.75) is 19.8 Å². The van der Waals surface area contributed by atoms with Gasteiger partial charge in [0.05, 0.1) is 24.3 Å². The van der Waals surface area contributed by atoms with Gasteiger partial charge in [0.25, 0.3) is 0 Å². The van der Waals surface area contributed by atoms with E-state index in [4.69, 9.17) is 9.15 Å². The number of benzene rings is 1. The molecule has 2 aromatic rings. The molecular formula is C14H14FN3O5. The monoisotopic (exact) mass is 323 g/mol. The third-order valence-corrected chi connectivity index (χ3v) is 3.54. The fraction of sp³-hybridized carbons (Fsp3) is 0.357. The van der Waals surface area contributed by atoms with Crippen molar-refractivity contribution >= 4 is 28.8 Å². The Morgan fingerprint density at radius 1 is 1.43 bits per heavy atom. The van der Waals surface area contributed by atoms with Gasteiger partial charge in [-0.3, -0.25) is 9.69 Å². The van der Waals surface area contributed by atoms with E-state index in [0.29, 0.717) is 11.2 Å². The third-order valence-electron chi connectivity index (χ3n) is 3.54. The SMILES string of the molecule is CC(=O)NC[C@H]1CN(c2ccc3c(c2)oc(=O)n3CF)C(=O)O1. The minimum absolute atomic E-state index is 0.184. The quantitative estimate of drug-likeness (QED) is 0.905. The number of fused-ring (bicyclic) bond motifs is 1. The van der Waals surface area contributed by atoms with Crippen LogP contribution in [-0.4, -0.2) is 35.8 Å². The van der Waals surface area contributed by atoms with Crippen molar-refractivity contribution in [3.63, 3.8) is 0 Å². The molecule has 3 rings (SSSR count). The third kappa shape index (κ3) is 2.77. The molecule has 23 heavy (non-hydrogen) atoms. The standard InChI is InChI=1S/C14H14FN3O5/c1-8(19)16-5-10-6-17(13(20)22-10)9-2-3-11-12(4-9)23-14(21)18(11)7-15/h2-4,10H,5-7H2,1H3,(H,16,19)/t10-/m0/s1. The number of anilines is 1. The molecule has 0 radical (unpaired) electrons. The largest absolute Gasteiger partial charge is 0.442 e. The van der Waals surface area contributed by atoms with Crippen LogP contribution in [0.15, 0.2) is 27.4 Å². The first kappa shape index (κ1) is 15.1. The molecule has 2 amide bonds. The Morgan fingerprint density at radius 3 is 2.91 bits per heavy atom. The Kier molecular flexibility index (Phi) is 3.77. The van der Waals surface area contributed by atoms with Crippen molar-refractivity contribution in [1.29, 1.82) is 0 Å². The van der Waals surface area contributed by atoms with Crippen LogP contribution in [0.1, 0.15) is 6.92 Å². The molecule has 2 heterocycles. The molecule has 1 aliphatic heterocycles. The molecule has 1 saturated heterocycles. The lowest BCUT2D eigenvalue weighted by Gasteiger charge is -2.12. The van der Waals surface area contributed by atoms with Gasteiger partial charge >= 0.3 is 11.8 Å². The zero-order chi connectivity index (χ0) is 16.6. The molecule has 0 unspecified atom stereocenters. The van der Waals surface area contributed by atoms with Crippen LogP contribution in [0.25, 0.3) is 11.1 Å². The summed E-state index contributed by atoms with van der Waals surface area (Å²) in [7, 11) is 0. The second-order valence-corrected chi connectivity index (χ2v) is 5.12. The number of hydrogen-bond donors (Lipinski definition) is 1. The van der Waals surface area contributed by atoms with Gasteiger partial charge in [0, 0.05) is 13.0 Å². The number of nitrogens with zero attached hydrogens (tertiary/aromatic N) is 2. The summed E-state index contributed by atoms with van der Waals surface area (Å²) in [5.41, 5.74) is 0.958. The number of aromatic nitrogens is 1. The molecule has 1 aliphatic rings. The number of amides is 2. The van der Waals surface area contributed by atoms with Crippen LogP contribution in [0, 0.1) is 0 Å². The number of nitrogens with one attached hydrogen (secondary N) is 1. The molecule has 0 saturated carbocycles. The fourth-order valence-corrected chi connectivity index (χ4v) is 2.43. The molecule has 0 spiro atoms. The van der Waals surface area contributed by atoms with Gasteiger partial charge in [-0.2, -0.15) is 0 Å². The summed E-state index contributed by atoms with van der Waals surface area (Å²) in [5, 5.41) is 2.58. The Balaban J connectivity index is 1.84. The van der Waals surface area contributed by atoms with E-state index in [-0.39, 0.29) is 24.6 Å². The molecule has 1 aromatic heterocycles. The first-order chi connectivity index (χ1) is 11.0. The van der Waals surface area contributed by atoms with E-state index < -0.39 is 24.8 Å². The summed E-state index contributed by atoms with van der Waals surface area (Å²) in [4.78, 5) is 35.7. The van der Waals surface area contributed by atoms with Gasteiger partial charge in [-0.15, -0.1) is 0 Å². The van der Waals surface area contributed by atoms with Crippen molar-refractivity contribution < 1.29 is 23.1 Å². The number of ether oxygens (including phenoxy) is 1. The minimum Gasteiger partial charge on any atom is -0.442 e. The molecule has 1 aromatic carbocycles. The van der Waals surface area contributed by atoms with Gasteiger partial charge < -0.3 is 14.5 Å². The van der Waals surface area contributed by atoms with E-state index in [1.54, 1.807) is 6.07 Å². The number of oxazole rings is 1. The van der Waals surface area contributed by atoms with E-state index in [9.17, 15) is 18.8 Å². The Bertz CT molecular complexity index is 827. The fourth-order valence-electron chi connectivity index (χ4n) is 2.43. The van der Waals surface area contributed by atoms with Crippen LogP contribution in [0.2, 0.25) is 0 Å². The van der Waals surface area contributed by atoms with E-state index in [2.05, 4.69) is 5.32 Å². The summed E-state index contributed by atoms with van der Waals surface area (Å²) in [6, 6.07) is 4.56. The summed E-state index contributed by atoms with van der Waals surface area (Å²) >= 11 is 0. The van der Waals surface area contributed by atoms with Gasteiger partial charge in [-0.1, -0.05) is 0 Å². The highest BCUT2D eigenvalue weighted by Gasteiger charge is 2.32. The van der Waals surface area contributed by atoms with Gasteiger partial charge in [-0.25, -0.2) is 18.5 Å². The first-order valence-corrected chi connectivity index (χ1v) is 6.91. The van der Waals surface area contributed by atoms with Crippen molar-refractivity contribution in [3.8, 4) is 0 Å². The second-order valence-electron chi connectivity index (χ2n) is 5.12. The number of hydrogen-bond acceptors (Lipinski definition) is 5. The normalized spacial score (nSPS) is 17.6. The Morgan fingerprint density at radius 2 is 2.22 bits per heavy atom. The average Bonchev–Trinajstić information content (AvgIpc) is 3.03. The van der Waals surface area contributed by atoms with E-state index >= 15 is 0 Å². The maximum absolute atomic E-state index is 12.8. The lowest BCUT2D eigenvalue weighted by atomic mass is 10.2. The summed E-state index contributed by atoms with van der Waals surface area (Å²) in [5.74, 6) is -1.01. The van der Waals surface area contributed by atoms with E-state index in [1.165, 1.54) is 24.0 Å². The molecule has 1 atom stereocenters. The first-order valence-electron chi connectivity index (χ1n) is 6.91. The second kappa shape index (κ2) is 5.75. The minimum atomic E-state index is -0.990. The van der Waals surface area contributed by atoms with Gasteiger partial charge in [-0.05, 0) is 12.1 Å². The van der Waals surface area contributed by atoms with Crippen molar-refractivity contribution in [1.82, 2.24) is 9.88 Å². The highest BCUT2D eigenvalue weighted by molar-refractivity contribution is 5.92. The zero-order valence-corrected chi connectivity index (χ0v) is 12.2. The number of halogens is 1. The van der Waals surface area contributed by atoms with Gasteiger partial charge in [0.2, 0.25) is 5.91 Å². The smallest absolute Gasteiger partial charge is 0.422 e. The number of carbonyl (C=O) groups excluding carboxylic acids is 2.